The van der Waals surface area contributed by atoms with E-state index in [1.807, 2.05) is 5.32 Å². The second-order valence-electron chi connectivity index (χ2n) is 4.01. The fourth-order valence-corrected chi connectivity index (χ4v) is 2.02. The molecule has 3 nitrogen and oxygen atoms in total. The first-order valence-electron chi connectivity index (χ1n) is 5.10. The smallest absolute Gasteiger partial charge is 0.343 e. The lowest BCUT2D eigenvalue weighted by molar-refractivity contribution is -0.174. The largest absolute Gasteiger partial charge is 0.471 e. The van der Waals surface area contributed by atoms with E-state index in [0.29, 0.717) is 6.42 Å². The minimum absolute atomic E-state index is 0.332. The highest BCUT2D eigenvalue weighted by molar-refractivity contribution is 5.82. The SMILES string of the molecule is N[C@@H]1c2ccccc2C[C@H]1NC(=O)C(F)(F)F. The van der Waals surface area contributed by atoms with E-state index < -0.39 is 24.2 Å². The average molecular weight is 244 g/mol. The number of halogens is 3. The number of benzene rings is 1. The molecule has 3 N–H and O–H groups in total. The number of hydrogen-bond donors (Lipinski definition) is 2. The summed E-state index contributed by atoms with van der Waals surface area (Å²) in [5.41, 5.74) is 7.47. The summed E-state index contributed by atoms with van der Waals surface area (Å²) in [5.74, 6) is -1.94. The second-order valence-corrected chi connectivity index (χ2v) is 4.01. The van der Waals surface area contributed by atoms with Gasteiger partial charge in [-0.15, -0.1) is 0 Å². The summed E-state index contributed by atoms with van der Waals surface area (Å²) in [5, 5.41) is 1.93. The van der Waals surface area contributed by atoms with Crippen LogP contribution in [0.2, 0.25) is 0 Å². The molecule has 1 aromatic rings. The number of carbonyl (C=O) groups excluding carboxylic acids is 1. The number of fused-ring (bicyclic) bond motifs is 1. The third-order valence-electron chi connectivity index (χ3n) is 2.86. The summed E-state index contributed by atoms with van der Waals surface area (Å²) >= 11 is 0. The third-order valence-corrected chi connectivity index (χ3v) is 2.86. The highest BCUT2D eigenvalue weighted by Gasteiger charge is 2.42. The first-order valence-corrected chi connectivity index (χ1v) is 5.10. The summed E-state index contributed by atoms with van der Waals surface area (Å²) in [6, 6.07) is 5.85. The van der Waals surface area contributed by atoms with Crippen LogP contribution in [0.5, 0.6) is 0 Å². The fraction of sp³-hybridized carbons (Fsp3) is 0.364. The van der Waals surface area contributed by atoms with E-state index in [2.05, 4.69) is 0 Å². The van der Waals surface area contributed by atoms with Crippen molar-refractivity contribution >= 4 is 5.91 Å². The van der Waals surface area contributed by atoms with Gasteiger partial charge in [0.2, 0.25) is 0 Å². The molecule has 1 aliphatic rings. The molecule has 0 aromatic heterocycles. The minimum Gasteiger partial charge on any atom is -0.343 e. The van der Waals surface area contributed by atoms with Crippen molar-refractivity contribution in [3.8, 4) is 0 Å². The van der Waals surface area contributed by atoms with Gasteiger partial charge in [-0.3, -0.25) is 4.79 Å². The van der Waals surface area contributed by atoms with Crippen molar-refractivity contribution in [1.82, 2.24) is 5.32 Å². The summed E-state index contributed by atoms with van der Waals surface area (Å²) in [6.07, 6.45) is -4.53. The van der Waals surface area contributed by atoms with Crippen LogP contribution in [0.4, 0.5) is 13.2 Å². The zero-order valence-corrected chi connectivity index (χ0v) is 8.79. The molecule has 1 aromatic carbocycles. The maximum Gasteiger partial charge on any atom is 0.471 e. The van der Waals surface area contributed by atoms with Crippen LogP contribution in [0.15, 0.2) is 24.3 Å². The van der Waals surface area contributed by atoms with Crippen LogP contribution in [0.25, 0.3) is 0 Å². The maximum atomic E-state index is 12.1. The van der Waals surface area contributed by atoms with Crippen LogP contribution in [0.3, 0.4) is 0 Å². The molecule has 0 fully saturated rings. The van der Waals surface area contributed by atoms with Crippen molar-refractivity contribution in [1.29, 1.82) is 0 Å². The van der Waals surface area contributed by atoms with E-state index in [1.165, 1.54) is 0 Å². The number of rotatable bonds is 1. The van der Waals surface area contributed by atoms with Crippen LogP contribution < -0.4 is 11.1 Å². The van der Waals surface area contributed by atoms with Gasteiger partial charge in [-0.1, -0.05) is 24.3 Å². The predicted octanol–water partition coefficient (Wildman–Crippen LogP) is 1.29. The Kier molecular flexibility index (Phi) is 2.82. The summed E-state index contributed by atoms with van der Waals surface area (Å²) in [7, 11) is 0. The summed E-state index contributed by atoms with van der Waals surface area (Å²) < 4.78 is 36.3. The highest BCUT2D eigenvalue weighted by atomic mass is 19.4. The van der Waals surface area contributed by atoms with Gasteiger partial charge in [-0.05, 0) is 17.5 Å². The Morgan fingerprint density at radius 3 is 2.59 bits per heavy atom. The van der Waals surface area contributed by atoms with Gasteiger partial charge >= 0.3 is 12.1 Å². The molecular formula is C11H11F3N2O. The van der Waals surface area contributed by atoms with Crippen LogP contribution in [0.1, 0.15) is 17.2 Å². The molecule has 17 heavy (non-hydrogen) atoms. The van der Waals surface area contributed by atoms with Gasteiger partial charge in [-0.25, -0.2) is 0 Å². The molecule has 2 atom stereocenters. The van der Waals surface area contributed by atoms with Gasteiger partial charge in [0.05, 0.1) is 12.1 Å². The third kappa shape index (κ3) is 2.26. The van der Waals surface area contributed by atoms with E-state index in [9.17, 15) is 18.0 Å². The molecule has 0 saturated carbocycles. The van der Waals surface area contributed by atoms with E-state index in [1.54, 1.807) is 24.3 Å². The van der Waals surface area contributed by atoms with Crippen LogP contribution in [-0.4, -0.2) is 18.1 Å². The van der Waals surface area contributed by atoms with Crippen molar-refractivity contribution in [3.63, 3.8) is 0 Å². The Balaban J connectivity index is 2.11. The molecule has 0 radical (unpaired) electrons. The Bertz CT molecular complexity index is 445. The molecule has 92 valence electrons. The van der Waals surface area contributed by atoms with E-state index in [-0.39, 0.29) is 0 Å². The molecule has 0 heterocycles. The Labute approximate surface area is 95.8 Å². The maximum absolute atomic E-state index is 12.1. The molecule has 0 unspecified atom stereocenters. The predicted molar refractivity (Wildman–Crippen MR) is 55.1 cm³/mol. The van der Waals surface area contributed by atoms with Crippen molar-refractivity contribution < 1.29 is 18.0 Å². The number of amides is 1. The summed E-state index contributed by atoms with van der Waals surface area (Å²) in [4.78, 5) is 10.8. The highest BCUT2D eigenvalue weighted by Crippen LogP contribution is 2.30. The van der Waals surface area contributed by atoms with Crippen LogP contribution >= 0.6 is 0 Å². The van der Waals surface area contributed by atoms with Crippen LogP contribution in [0, 0.1) is 0 Å². The monoisotopic (exact) mass is 244 g/mol. The van der Waals surface area contributed by atoms with Gasteiger partial charge in [-0.2, -0.15) is 13.2 Å². The Hall–Kier alpha value is -1.56. The molecule has 0 saturated heterocycles. The number of nitrogens with two attached hydrogens (primary N) is 1. The Morgan fingerprint density at radius 2 is 2.00 bits per heavy atom. The van der Waals surface area contributed by atoms with Gasteiger partial charge < -0.3 is 11.1 Å². The summed E-state index contributed by atoms with van der Waals surface area (Å²) in [6.45, 7) is 0. The lowest BCUT2D eigenvalue weighted by atomic mass is 10.1. The van der Waals surface area contributed by atoms with Crippen molar-refractivity contribution in [2.75, 3.05) is 0 Å². The first kappa shape index (κ1) is 11.9. The molecule has 2 rings (SSSR count). The number of alkyl halides is 3. The van der Waals surface area contributed by atoms with E-state index in [0.717, 1.165) is 11.1 Å². The van der Waals surface area contributed by atoms with Crippen molar-refractivity contribution in [3.05, 3.63) is 35.4 Å². The Morgan fingerprint density at radius 1 is 1.35 bits per heavy atom. The lowest BCUT2D eigenvalue weighted by Gasteiger charge is -2.18. The van der Waals surface area contributed by atoms with Crippen molar-refractivity contribution in [2.24, 2.45) is 5.73 Å². The molecule has 0 aliphatic heterocycles. The topological polar surface area (TPSA) is 55.1 Å². The number of hydrogen-bond acceptors (Lipinski definition) is 2. The standard InChI is InChI=1S/C11H11F3N2O/c12-11(13,14)10(17)16-8-5-6-3-1-2-4-7(6)9(8)15/h1-4,8-9H,5,15H2,(H,16,17)/t8-,9-/m1/s1. The minimum atomic E-state index is -4.87. The molecular weight excluding hydrogens is 233 g/mol. The molecule has 1 amide bonds. The second kappa shape index (κ2) is 4.03. The van der Waals surface area contributed by atoms with Gasteiger partial charge in [0, 0.05) is 0 Å². The number of carbonyl (C=O) groups is 1. The van der Waals surface area contributed by atoms with Crippen molar-refractivity contribution in [2.45, 2.75) is 24.7 Å². The lowest BCUT2D eigenvalue weighted by Crippen LogP contribution is -2.46. The fourth-order valence-electron chi connectivity index (χ4n) is 2.02. The first-order chi connectivity index (χ1) is 7.89. The quantitative estimate of drug-likeness (QED) is 0.782. The average Bonchev–Trinajstić information content (AvgIpc) is 2.55. The zero-order valence-electron chi connectivity index (χ0n) is 8.79. The van der Waals surface area contributed by atoms with Gasteiger partial charge in [0.25, 0.3) is 0 Å². The molecule has 0 spiro atoms. The normalized spacial score (nSPS) is 23.3. The number of nitrogens with one attached hydrogen (secondary N) is 1. The van der Waals surface area contributed by atoms with Gasteiger partial charge in [0.1, 0.15) is 0 Å². The van der Waals surface area contributed by atoms with E-state index in [4.69, 9.17) is 5.73 Å². The van der Waals surface area contributed by atoms with E-state index >= 15 is 0 Å². The van der Waals surface area contributed by atoms with Gasteiger partial charge in [0.15, 0.2) is 0 Å². The molecule has 1 aliphatic carbocycles. The molecule has 0 bridgehead atoms. The van der Waals surface area contributed by atoms with Crippen LogP contribution in [-0.2, 0) is 11.2 Å². The molecule has 6 heteroatoms. The zero-order chi connectivity index (χ0) is 12.6.